The van der Waals surface area contributed by atoms with Crippen LogP contribution in [0.3, 0.4) is 0 Å². The minimum Gasteiger partial charge on any atom is -0.311 e. The second kappa shape index (κ2) is 12.5. The van der Waals surface area contributed by atoms with Crippen LogP contribution in [0.2, 0.25) is 52.4 Å². The lowest BCUT2D eigenvalue weighted by Gasteiger charge is -2.29. The van der Waals surface area contributed by atoms with E-state index in [1.165, 1.54) is 83.1 Å². The Labute approximate surface area is 375 Å². The molecular formula is C58H51NSi4. The molecule has 13 rings (SSSR count). The van der Waals surface area contributed by atoms with E-state index in [2.05, 4.69) is 221 Å². The highest BCUT2D eigenvalue weighted by atomic mass is 28.3. The summed E-state index contributed by atoms with van der Waals surface area (Å²) in [6, 6.07) is 64.3. The first-order chi connectivity index (χ1) is 30.3. The maximum atomic E-state index is 2.66. The van der Waals surface area contributed by atoms with Gasteiger partial charge in [-0.3, -0.25) is 0 Å². The smallest absolute Gasteiger partial charge is 0.113 e. The van der Waals surface area contributed by atoms with Crippen molar-refractivity contribution in [1.82, 2.24) is 0 Å². The van der Waals surface area contributed by atoms with Gasteiger partial charge in [0.2, 0.25) is 0 Å². The van der Waals surface area contributed by atoms with Gasteiger partial charge in [0.15, 0.2) is 0 Å². The highest BCUT2D eigenvalue weighted by Crippen LogP contribution is 2.43. The van der Waals surface area contributed by atoms with E-state index in [4.69, 9.17) is 0 Å². The van der Waals surface area contributed by atoms with Crippen LogP contribution in [-0.4, -0.2) is 32.3 Å². The van der Waals surface area contributed by atoms with E-state index in [9.17, 15) is 0 Å². The van der Waals surface area contributed by atoms with Crippen molar-refractivity contribution in [3.63, 3.8) is 0 Å². The van der Waals surface area contributed by atoms with Gasteiger partial charge in [-0.05, 0) is 144 Å². The Morgan fingerprint density at radius 2 is 0.635 bits per heavy atom. The van der Waals surface area contributed by atoms with E-state index >= 15 is 0 Å². The fourth-order valence-corrected chi connectivity index (χ4v) is 25.0. The molecule has 1 nitrogen and oxygen atoms in total. The number of benzene rings is 9. The van der Waals surface area contributed by atoms with E-state index in [-0.39, 0.29) is 0 Å². The van der Waals surface area contributed by atoms with Gasteiger partial charge in [0.05, 0.1) is 0 Å². The molecular weight excluding hydrogens is 823 g/mol. The Morgan fingerprint density at radius 3 is 1.10 bits per heavy atom. The monoisotopic (exact) mass is 873 g/mol. The fourth-order valence-electron chi connectivity index (χ4n) is 12.7. The van der Waals surface area contributed by atoms with Gasteiger partial charge in [0.1, 0.15) is 32.3 Å². The number of fused-ring (bicyclic) bond motifs is 16. The van der Waals surface area contributed by atoms with Crippen molar-refractivity contribution in [2.45, 2.75) is 52.4 Å². The molecule has 63 heavy (non-hydrogen) atoms. The number of rotatable bonds is 3. The molecule has 4 aliphatic rings. The zero-order valence-corrected chi connectivity index (χ0v) is 41.5. The maximum absolute atomic E-state index is 2.66. The van der Waals surface area contributed by atoms with Crippen LogP contribution in [0.1, 0.15) is 0 Å². The van der Waals surface area contributed by atoms with Gasteiger partial charge in [0, 0.05) is 17.1 Å². The number of hydrogen-bond donors (Lipinski definition) is 0. The molecule has 0 bridgehead atoms. The Balaban J connectivity index is 0.938. The third-order valence-electron chi connectivity index (χ3n) is 16.2. The molecule has 0 saturated heterocycles. The van der Waals surface area contributed by atoms with E-state index in [1.54, 1.807) is 41.5 Å². The number of nitrogens with zero attached hydrogens (tertiary/aromatic N) is 1. The SMILES string of the molecule is C[Si]1(C)c2cc(N(c3ccccc3)c3ccc4c(c3)[Si](C)(C)c3cc5c(cc3-4)[Si](C)(C)c3ccc4ccccc4c3-5)ccc2-c2cc3c(cc21)-c1c(ccc2ccccc12)[Si]3(C)C. The molecule has 0 saturated carbocycles. The van der Waals surface area contributed by atoms with Gasteiger partial charge >= 0.3 is 0 Å². The largest absolute Gasteiger partial charge is 0.311 e. The number of para-hydroxylation sites is 1. The molecule has 0 atom stereocenters. The van der Waals surface area contributed by atoms with Crippen LogP contribution in [-0.2, 0) is 0 Å². The van der Waals surface area contributed by atoms with Gasteiger partial charge < -0.3 is 4.90 Å². The van der Waals surface area contributed by atoms with Crippen LogP contribution in [0.4, 0.5) is 17.1 Å². The molecule has 0 aromatic heterocycles. The van der Waals surface area contributed by atoms with Crippen LogP contribution in [0.25, 0.3) is 66.1 Å². The van der Waals surface area contributed by atoms with E-state index in [0.717, 1.165) is 0 Å². The summed E-state index contributed by atoms with van der Waals surface area (Å²) in [6.07, 6.45) is 0. The molecule has 0 radical (unpaired) electrons. The quantitative estimate of drug-likeness (QED) is 0.160. The van der Waals surface area contributed by atoms with Crippen molar-refractivity contribution in [2.75, 3.05) is 4.90 Å². The summed E-state index contributed by atoms with van der Waals surface area (Å²) in [7, 11) is -7.97. The van der Waals surface area contributed by atoms with Crippen molar-refractivity contribution < 1.29 is 0 Å². The van der Waals surface area contributed by atoms with Gasteiger partial charge in [-0.15, -0.1) is 0 Å². The molecule has 5 heteroatoms. The van der Waals surface area contributed by atoms with Crippen molar-refractivity contribution in [3.8, 4) is 44.5 Å². The normalized spacial score (nSPS) is 16.8. The summed E-state index contributed by atoms with van der Waals surface area (Å²) in [6.45, 7) is 20.6. The van der Waals surface area contributed by atoms with Gasteiger partial charge in [0.25, 0.3) is 0 Å². The fraction of sp³-hybridized carbons (Fsp3) is 0.138. The standard InChI is InChI=1S/C58H51NSi4/c1-60(2)49-28-22-36-16-12-14-20-41(36)57(49)47-34-53-45(32-55(47)60)43-26-24-39(30-51(43)62(53,5)6)59(38-18-10-9-11-19-38)40-25-27-44-46-33-56-48(35-54(46)63(7,8)52(44)31-40)58-42-21-15-13-17-37(42)23-29-50(58)61(56,3)4/h9-35H,1-8H3. The van der Waals surface area contributed by atoms with E-state index < -0.39 is 32.3 Å². The molecule has 0 unspecified atom stereocenters. The molecule has 4 heterocycles. The van der Waals surface area contributed by atoms with Gasteiger partial charge in [-0.2, -0.15) is 0 Å². The summed E-state index contributed by atoms with van der Waals surface area (Å²) < 4.78 is 0. The predicted molar refractivity (Wildman–Crippen MR) is 285 cm³/mol. The van der Waals surface area contributed by atoms with Crippen LogP contribution < -0.4 is 46.4 Å². The summed E-state index contributed by atoms with van der Waals surface area (Å²) >= 11 is 0. The molecule has 0 spiro atoms. The highest BCUT2D eigenvalue weighted by Gasteiger charge is 2.46. The molecule has 4 aliphatic heterocycles. The number of anilines is 3. The Hall–Kier alpha value is -5.83. The number of hydrogen-bond acceptors (Lipinski definition) is 1. The van der Waals surface area contributed by atoms with Gasteiger partial charge in [-0.1, -0.05) is 180 Å². The lowest BCUT2D eigenvalue weighted by Crippen LogP contribution is -2.51. The first-order valence-corrected chi connectivity index (χ1v) is 34.8. The molecule has 0 fully saturated rings. The van der Waals surface area contributed by atoms with Crippen molar-refractivity contribution in [3.05, 3.63) is 164 Å². The Morgan fingerprint density at radius 1 is 0.270 bits per heavy atom. The van der Waals surface area contributed by atoms with Gasteiger partial charge in [-0.25, -0.2) is 0 Å². The van der Waals surface area contributed by atoms with Crippen molar-refractivity contribution >= 4 is 112 Å². The van der Waals surface area contributed by atoms with Crippen LogP contribution >= 0.6 is 0 Å². The molecule has 304 valence electrons. The average molecular weight is 874 g/mol. The summed E-state index contributed by atoms with van der Waals surface area (Å²) in [4.78, 5) is 2.54. The topological polar surface area (TPSA) is 3.24 Å². The minimum atomic E-state index is -2.09. The van der Waals surface area contributed by atoms with Crippen molar-refractivity contribution in [1.29, 1.82) is 0 Å². The minimum absolute atomic E-state index is 1.20. The van der Waals surface area contributed by atoms with Crippen molar-refractivity contribution in [2.24, 2.45) is 0 Å². The lowest BCUT2D eigenvalue weighted by molar-refractivity contribution is 1.29. The lowest BCUT2D eigenvalue weighted by atomic mass is 9.96. The zero-order chi connectivity index (χ0) is 42.9. The molecule has 9 aromatic rings. The van der Waals surface area contributed by atoms with Crippen LogP contribution in [0, 0.1) is 0 Å². The molecule has 0 amide bonds. The molecule has 0 aliphatic carbocycles. The highest BCUT2D eigenvalue weighted by molar-refractivity contribution is 7.07. The predicted octanol–water partition coefficient (Wildman–Crippen LogP) is 10.7. The third kappa shape index (κ3) is 4.86. The first kappa shape index (κ1) is 37.7. The first-order valence-electron chi connectivity index (χ1n) is 22.8. The second-order valence-corrected chi connectivity index (χ2v) is 38.2. The maximum Gasteiger partial charge on any atom is 0.113 e. The average Bonchev–Trinajstić information content (AvgIpc) is 3.85. The van der Waals surface area contributed by atoms with Crippen LogP contribution in [0.15, 0.2) is 164 Å². The summed E-state index contributed by atoms with van der Waals surface area (Å²) in [5, 5.41) is 18.1. The third-order valence-corrected chi connectivity index (χ3v) is 30.3. The second-order valence-electron chi connectivity index (χ2n) is 20.9. The molecule has 9 aromatic carbocycles. The van der Waals surface area contributed by atoms with E-state index in [0.29, 0.717) is 0 Å². The Bertz CT molecular complexity index is 3310. The molecule has 0 N–H and O–H groups in total. The zero-order valence-electron chi connectivity index (χ0n) is 37.5. The van der Waals surface area contributed by atoms with Crippen LogP contribution in [0.5, 0.6) is 0 Å². The summed E-state index contributed by atoms with van der Waals surface area (Å²) in [5.41, 5.74) is 15.5. The Kier molecular flexibility index (Phi) is 7.45. The summed E-state index contributed by atoms with van der Waals surface area (Å²) in [5.74, 6) is 0. The van der Waals surface area contributed by atoms with E-state index in [1.807, 2.05) is 0 Å².